The highest BCUT2D eigenvalue weighted by atomic mass is 15.2. The van der Waals surface area contributed by atoms with E-state index in [1.54, 1.807) is 0 Å². The van der Waals surface area contributed by atoms with Gasteiger partial charge in [-0.05, 0) is 98.3 Å². The minimum Gasteiger partial charge on any atom is -0.310 e. The molecule has 0 fully saturated rings. The molecule has 2 nitrogen and oxygen atoms in total. The molecule has 0 aromatic heterocycles. The molecule has 9 rings (SSSR count). The summed E-state index contributed by atoms with van der Waals surface area (Å²) in [4.78, 5) is 4.93. The number of hydrogen-bond donors (Lipinski definition) is 0. The van der Waals surface area contributed by atoms with Gasteiger partial charge in [0, 0.05) is 27.6 Å². The van der Waals surface area contributed by atoms with Crippen LogP contribution in [0.15, 0.2) is 152 Å². The van der Waals surface area contributed by atoms with E-state index in [2.05, 4.69) is 210 Å². The topological polar surface area (TPSA) is 6.48 Å². The van der Waals surface area contributed by atoms with Crippen molar-refractivity contribution in [3.8, 4) is 11.1 Å². The third-order valence-electron chi connectivity index (χ3n) is 11.8. The van der Waals surface area contributed by atoms with Gasteiger partial charge in [-0.15, -0.1) is 0 Å². The molecule has 0 unspecified atom stereocenters. The molecule has 0 saturated heterocycles. The SMILES string of the molecule is CC(C)(C)c1ccc(N(c2ccc(-c3ccc4c(c3)C(C)(C)c3cccc5c3N4c3ccccc3C5(C)C)cc2)c2cccc3ccccc23)cc1. The van der Waals surface area contributed by atoms with Crippen molar-refractivity contribution in [2.24, 2.45) is 0 Å². The lowest BCUT2D eigenvalue weighted by atomic mass is 9.66. The first-order valence-electron chi connectivity index (χ1n) is 18.6. The highest BCUT2D eigenvalue weighted by Crippen LogP contribution is 2.60. The van der Waals surface area contributed by atoms with E-state index in [9.17, 15) is 0 Å². The van der Waals surface area contributed by atoms with Gasteiger partial charge in [-0.3, -0.25) is 0 Å². The average molecular weight is 675 g/mol. The maximum Gasteiger partial charge on any atom is 0.0543 e. The zero-order valence-corrected chi connectivity index (χ0v) is 31.3. The van der Waals surface area contributed by atoms with Crippen LogP contribution in [-0.4, -0.2) is 0 Å². The predicted octanol–water partition coefficient (Wildman–Crippen LogP) is 14.0. The van der Waals surface area contributed by atoms with Crippen LogP contribution in [0, 0.1) is 0 Å². The Balaban J connectivity index is 1.15. The van der Waals surface area contributed by atoms with Gasteiger partial charge in [0.05, 0.1) is 22.7 Å². The Labute approximate surface area is 309 Å². The van der Waals surface area contributed by atoms with Crippen molar-refractivity contribution in [1.29, 1.82) is 0 Å². The van der Waals surface area contributed by atoms with Crippen LogP contribution >= 0.6 is 0 Å². The number of anilines is 6. The van der Waals surface area contributed by atoms with Crippen molar-refractivity contribution in [1.82, 2.24) is 0 Å². The molecular weight excluding hydrogens is 629 g/mol. The summed E-state index contributed by atoms with van der Waals surface area (Å²) in [7, 11) is 0. The maximum absolute atomic E-state index is 2.53. The largest absolute Gasteiger partial charge is 0.310 e. The molecule has 7 aromatic carbocycles. The van der Waals surface area contributed by atoms with Crippen LogP contribution in [0.5, 0.6) is 0 Å². The molecule has 2 heteroatoms. The summed E-state index contributed by atoms with van der Waals surface area (Å²) in [5.41, 5.74) is 16.5. The standard InChI is InChI=1S/C50H46N2/c1-48(2,3)36-25-29-38(30-26-36)51(44-21-12-15-34-14-8-9-16-39(34)44)37-27-22-33(23-28-37)35-24-31-46-43(32-35)50(6,7)42-19-13-18-41-47(42)52(46)45-20-11-10-17-40(45)49(41,4)5/h8-32H,1-7H3. The van der Waals surface area contributed by atoms with Gasteiger partial charge in [0.1, 0.15) is 0 Å². The Morgan fingerprint density at radius 3 is 1.73 bits per heavy atom. The third kappa shape index (κ3) is 4.84. The second kappa shape index (κ2) is 11.5. The van der Waals surface area contributed by atoms with Crippen LogP contribution in [0.3, 0.4) is 0 Å². The summed E-state index contributed by atoms with van der Waals surface area (Å²) in [6.45, 7) is 16.3. The van der Waals surface area contributed by atoms with Gasteiger partial charge in [0.25, 0.3) is 0 Å². The summed E-state index contributed by atoms with van der Waals surface area (Å²) in [6, 6.07) is 56.5. The molecule has 7 aromatic rings. The molecule has 0 amide bonds. The second-order valence-electron chi connectivity index (χ2n) is 16.7. The minimum atomic E-state index is -0.167. The molecule has 2 aliphatic heterocycles. The predicted molar refractivity (Wildman–Crippen MR) is 222 cm³/mol. The number of fused-ring (bicyclic) bond motifs is 5. The molecule has 0 aliphatic carbocycles. The summed E-state index contributed by atoms with van der Waals surface area (Å²) < 4.78 is 0. The highest BCUT2D eigenvalue weighted by Gasteiger charge is 2.45. The Morgan fingerprint density at radius 1 is 0.481 bits per heavy atom. The van der Waals surface area contributed by atoms with E-state index in [1.807, 2.05) is 0 Å². The van der Waals surface area contributed by atoms with Gasteiger partial charge in [0.2, 0.25) is 0 Å². The zero-order valence-electron chi connectivity index (χ0n) is 31.3. The molecule has 256 valence electrons. The van der Waals surface area contributed by atoms with Gasteiger partial charge < -0.3 is 9.80 Å². The van der Waals surface area contributed by atoms with Crippen molar-refractivity contribution in [2.75, 3.05) is 9.80 Å². The van der Waals surface area contributed by atoms with E-state index in [-0.39, 0.29) is 16.2 Å². The maximum atomic E-state index is 2.53. The van der Waals surface area contributed by atoms with E-state index < -0.39 is 0 Å². The fourth-order valence-electron chi connectivity index (χ4n) is 8.81. The highest BCUT2D eigenvalue weighted by molar-refractivity contribution is 5.99. The summed E-state index contributed by atoms with van der Waals surface area (Å²) in [5.74, 6) is 0. The average Bonchev–Trinajstić information content (AvgIpc) is 3.15. The van der Waals surface area contributed by atoms with Crippen molar-refractivity contribution >= 4 is 44.9 Å². The lowest BCUT2D eigenvalue weighted by molar-refractivity contribution is 0.590. The molecule has 0 spiro atoms. The first kappa shape index (κ1) is 32.3. The number of benzene rings is 7. The molecule has 2 aliphatic rings. The van der Waals surface area contributed by atoms with E-state index >= 15 is 0 Å². The summed E-state index contributed by atoms with van der Waals surface area (Å²) >= 11 is 0. The van der Waals surface area contributed by atoms with Crippen LogP contribution in [0.1, 0.15) is 76.3 Å². The number of para-hydroxylation sites is 2. The smallest absolute Gasteiger partial charge is 0.0543 e. The number of hydrogen-bond acceptors (Lipinski definition) is 2. The van der Waals surface area contributed by atoms with Gasteiger partial charge >= 0.3 is 0 Å². The second-order valence-corrected chi connectivity index (χ2v) is 16.7. The molecule has 52 heavy (non-hydrogen) atoms. The van der Waals surface area contributed by atoms with Crippen LogP contribution in [-0.2, 0) is 16.2 Å². The van der Waals surface area contributed by atoms with Crippen molar-refractivity contribution < 1.29 is 0 Å². The molecule has 2 heterocycles. The normalized spacial score (nSPS) is 15.1. The molecule has 0 radical (unpaired) electrons. The molecule has 0 saturated carbocycles. The van der Waals surface area contributed by atoms with Crippen LogP contribution in [0.2, 0.25) is 0 Å². The zero-order chi connectivity index (χ0) is 36.0. The fraction of sp³-hybridized carbons (Fsp3) is 0.200. The van der Waals surface area contributed by atoms with Gasteiger partial charge in [-0.25, -0.2) is 0 Å². The summed E-state index contributed by atoms with van der Waals surface area (Å²) in [6.07, 6.45) is 0. The first-order valence-corrected chi connectivity index (χ1v) is 18.6. The lowest BCUT2D eigenvalue weighted by Gasteiger charge is -2.49. The van der Waals surface area contributed by atoms with E-state index in [1.165, 1.54) is 72.5 Å². The minimum absolute atomic E-state index is 0.0811. The molecule has 0 N–H and O–H groups in total. The molecule has 0 atom stereocenters. The van der Waals surface area contributed by atoms with E-state index in [0.29, 0.717) is 0 Å². The fourth-order valence-corrected chi connectivity index (χ4v) is 8.81. The van der Waals surface area contributed by atoms with Crippen molar-refractivity contribution in [3.63, 3.8) is 0 Å². The summed E-state index contributed by atoms with van der Waals surface area (Å²) in [5, 5.41) is 2.47. The molecule has 0 bridgehead atoms. The van der Waals surface area contributed by atoms with Crippen LogP contribution in [0.4, 0.5) is 34.1 Å². The van der Waals surface area contributed by atoms with Gasteiger partial charge in [0.15, 0.2) is 0 Å². The van der Waals surface area contributed by atoms with Crippen LogP contribution in [0.25, 0.3) is 21.9 Å². The Hall–Kier alpha value is -5.60. The van der Waals surface area contributed by atoms with Gasteiger partial charge in [-0.1, -0.05) is 152 Å². The Kier molecular flexibility index (Phi) is 7.12. The number of rotatable bonds is 4. The quantitative estimate of drug-likeness (QED) is 0.183. The van der Waals surface area contributed by atoms with E-state index in [4.69, 9.17) is 0 Å². The molecular formula is C50H46N2. The number of nitrogens with zero attached hydrogens (tertiary/aromatic N) is 2. The third-order valence-corrected chi connectivity index (χ3v) is 11.8. The monoisotopic (exact) mass is 674 g/mol. The van der Waals surface area contributed by atoms with Gasteiger partial charge in [-0.2, -0.15) is 0 Å². The lowest BCUT2D eigenvalue weighted by Crippen LogP contribution is -2.38. The van der Waals surface area contributed by atoms with Crippen molar-refractivity contribution in [3.05, 3.63) is 179 Å². The van der Waals surface area contributed by atoms with Crippen LogP contribution < -0.4 is 9.80 Å². The van der Waals surface area contributed by atoms with E-state index in [0.717, 1.165) is 11.4 Å². The Morgan fingerprint density at radius 2 is 1.02 bits per heavy atom. The Bertz CT molecular complexity index is 2490. The van der Waals surface area contributed by atoms with Crippen molar-refractivity contribution in [2.45, 2.75) is 64.7 Å². The first-order chi connectivity index (χ1) is 24.9.